The van der Waals surface area contributed by atoms with Gasteiger partial charge in [-0.05, 0) is 51.4 Å². The summed E-state index contributed by atoms with van der Waals surface area (Å²) < 4.78 is 32.9. The number of ether oxygens (including phenoxy) is 2. The maximum atomic E-state index is 12.7. The van der Waals surface area contributed by atoms with Gasteiger partial charge in [0.25, 0.3) is 0 Å². The lowest BCUT2D eigenvalue weighted by molar-refractivity contribution is -0.161. The van der Waals surface area contributed by atoms with E-state index in [9.17, 15) is 19.0 Å². The molecule has 0 aromatic heterocycles. The van der Waals surface area contributed by atoms with Crippen LogP contribution in [0.3, 0.4) is 0 Å². The smallest absolute Gasteiger partial charge is 0.462 e. The molecule has 0 aromatic carbocycles. The average Bonchev–Trinajstić information content (AvgIpc) is 3.30. The summed E-state index contributed by atoms with van der Waals surface area (Å²) in [5, 5.41) is 0. The van der Waals surface area contributed by atoms with E-state index in [1.54, 1.807) is 0 Å². The van der Waals surface area contributed by atoms with E-state index in [1.807, 2.05) is 0 Å². The summed E-state index contributed by atoms with van der Waals surface area (Å²) >= 11 is 0. The van der Waals surface area contributed by atoms with Gasteiger partial charge in [0, 0.05) is 19.4 Å². The average molecular weight is 936 g/mol. The molecule has 0 aliphatic carbocycles. The van der Waals surface area contributed by atoms with Gasteiger partial charge in [-0.1, -0.05) is 242 Å². The van der Waals surface area contributed by atoms with Crippen molar-refractivity contribution in [2.75, 3.05) is 26.4 Å². The van der Waals surface area contributed by atoms with Crippen LogP contribution >= 0.6 is 7.82 Å². The fourth-order valence-electron chi connectivity index (χ4n) is 7.75. The third-order valence-corrected chi connectivity index (χ3v) is 12.7. The summed E-state index contributed by atoms with van der Waals surface area (Å²) in [5.74, 6) is -0.816. The van der Waals surface area contributed by atoms with Gasteiger partial charge in [-0.25, -0.2) is 4.57 Å². The number of carbonyl (C=O) groups excluding carboxylic acids is 2. The van der Waals surface area contributed by atoms with E-state index in [2.05, 4.69) is 62.5 Å². The molecule has 65 heavy (non-hydrogen) atoms. The van der Waals surface area contributed by atoms with Crippen LogP contribution in [0.5, 0.6) is 0 Å². The molecule has 2 unspecified atom stereocenters. The highest BCUT2D eigenvalue weighted by Gasteiger charge is 2.26. The Balaban J connectivity index is 3.88. The summed E-state index contributed by atoms with van der Waals surface area (Å²) in [6, 6.07) is 0. The van der Waals surface area contributed by atoms with Gasteiger partial charge in [0.2, 0.25) is 0 Å². The van der Waals surface area contributed by atoms with Crippen LogP contribution in [0.2, 0.25) is 0 Å². The van der Waals surface area contributed by atoms with E-state index >= 15 is 0 Å². The first-order valence-corrected chi connectivity index (χ1v) is 28.6. The van der Waals surface area contributed by atoms with Crippen LogP contribution in [-0.4, -0.2) is 49.3 Å². The Hall–Kier alpha value is -2.03. The van der Waals surface area contributed by atoms with Crippen molar-refractivity contribution in [3.05, 3.63) is 48.6 Å². The number of allylic oxidation sites excluding steroid dienone is 8. The van der Waals surface area contributed by atoms with Crippen LogP contribution in [0.15, 0.2) is 48.6 Å². The molecule has 0 saturated carbocycles. The number of rotatable bonds is 51. The maximum absolute atomic E-state index is 12.7. The fourth-order valence-corrected chi connectivity index (χ4v) is 8.51. The first kappa shape index (κ1) is 63.0. The van der Waals surface area contributed by atoms with Crippen molar-refractivity contribution >= 4 is 19.8 Å². The normalized spacial score (nSPS) is 13.5. The largest absolute Gasteiger partial charge is 0.472 e. The minimum absolute atomic E-state index is 0.0550. The lowest BCUT2D eigenvalue weighted by Crippen LogP contribution is -2.29. The van der Waals surface area contributed by atoms with Crippen molar-refractivity contribution < 1.29 is 37.6 Å². The molecule has 0 aliphatic rings. The molecule has 380 valence electrons. The summed E-state index contributed by atoms with van der Waals surface area (Å²) in [5.41, 5.74) is 5.37. The molecule has 0 rings (SSSR count). The van der Waals surface area contributed by atoms with Crippen molar-refractivity contribution in [1.82, 2.24) is 0 Å². The number of carbonyl (C=O) groups is 2. The monoisotopic (exact) mass is 936 g/mol. The minimum Gasteiger partial charge on any atom is -0.462 e. The Kier molecular flexibility index (Phi) is 49.8. The summed E-state index contributed by atoms with van der Waals surface area (Å²) in [6.07, 6.45) is 61.7. The second kappa shape index (κ2) is 51.4. The van der Waals surface area contributed by atoms with Crippen LogP contribution in [-0.2, 0) is 32.7 Å². The molecular weight excluding hydrogens is 834 g/mol. The van der Waals surface area contributed by atoms with Crippen LogP contribution < -0.4 is 5.73 Å². The molecule has 0 radical (unpaired) electrons. The van der Waals surface area contributed by atoms with Crippen LogP contribution in [0.25, 0.3) is 0 Å². The predicted molar refractivity (Wildman–Crippen MR) is 275 cm³/mol. The summed E-state index contributed by atoms with van der Waals surface area (Å²) in [7, 11) is -4.38. The van der Waals surface area contributed by atoms with E-state index in [1.165, 1.54) is 167 Å². The Labute approximate surface area is 400 Å². The molecule has 0 aromatic rings. The highest BCUT2D eigenvalue weighted by molar-refractivity contribution is 7.47. The highest BCUT2D eigenvalue weighted by atomic mass is 31.2. The van der Waals surface area contributed by atoms with Crippen LogP contribution in [0.4, 0.5) is 0 Å². The first-order chi connectivity index (χ1) is 31.8. The number of unbranched alkanes of at least 4 members (excludes halogenated alkanes) is 30. The molecule has 3 N–H and O–H groups in total. The van der Waals surface area contributed by atoms with Gasteiger partial charge < -0.3 is 20.1 Å². The Morgan fingerprint density at radius 3 is 1.26 bits per heavy atom. The van der Waals surface area contributed by atoms with E-state index in [4.69, 9.17) is 24.3 Å². The van der Waals surface area contributed by atoms with E-state index in [0.29, 0.717) is 6.42 Å². The number of hydrogen-bond acceptors (Lipinski definition) is 8. The third kappa shape index (κ3) is 51.2. The van der Waals surface area contributed by atoms with Crippen molar-refractivity contribution in [2.24, 2.45) is 5.73 Å². The zero-order valence-electron chi connectivity index (χ0n) is 42.2. The Morgan fingerprint density at radius 2 is 0.846 bits per heavy atom. The van der Waals surface area contributed by atoms with Gasteiger partial charge >= 0.3 is 19.8 Å². The molecule has 2 atom stereocenters. The molecule has 0 aliphatic heterocycles. The summed E-state index contributed by atoms with van der Waals surface area (Å²) in [6.45, 7) is 3.66. The first-order valence-electron chi connectivity index (χ1n) is 27.1. The van der Waals surface area contributed by atoms with E-state index < -0.39 is 26.5 Å². The molecule has 0 amide bonds. The van der Waals surface area contributed by atoms with Crippen LogP contribution in [0, 0.1) is 0 Å². The highest BCUT2D eigenvalue weighted by Crippen LogP contribution is 2.43. The second-order valence-corrected chi connectivity index (χ2v) is 19.5. The minimum atomic E-state index is -4.38. The van der Waals surface area contributed by atoms with Crippen molar-refractivity contribution in [3.8, 4) is 0 Å². The molecular formula is C55H102NO8P. The number of hydrogen-bond donors (Lipinski definition) is 2. The van der Waals surface area contributed by atoms with Gasteiger partial charge in [-0.2, -0.15) is 0 Å². The molecule has 10 heteroatoms. The van der Waals surface area contributed by atoms with Gasteiger partial charge in [0.05, 0.1) is 13.2 Å². The summed E-state index contributed by atoms with van der Waals surface area (Å²) in [4.78, 5) is 35.0. The molecule has 9 nitrogen and oxygen atoms in total. The SMILES string of the molecule is CC/C=C\C/C=C\C/C=C\C/C=C\CCCCCCCCCCCCCCCCCCCCC(=O)OC(COC(=O)CCCCCCCCCCCCCCC)COP(=O)(O)OCCN. The zero-order valence-corrected chi connectivity index (χ0v) is 43.1. The lowest BCUT2D eigenvalue weighted by atomic mass is 10.0. The topological polar surface area (TPSA) is 134 Å². The van der Waals surface area contributed by atoms with Crippen molar-refractivity contribution in [1.29, 1.82) is 0 Å². The number of phosphoric acid groups is 1. The van der Waals surface area contributed by atoms with Crippen LogP contribution in [0.1, 0.15) is 258 Å². The molecule has 0 saturated heterocycles. The Morgan fingerprint density at radius 1 is 0.477 bits per heavy atom. The maximum Gasteiger partial charge on any atom is 0.472 e. The van der Waals surface area contributed by atoms with Gasteiger partial charge in [0.15, 0.2) is 6.10 Å². The van der Waals surface area contributed by atoms with Gasteiger partial charge in [-0.15, -0.1) is 0 Å². The zero-order chi connectivity index (χ0) is 47.4. The number of esters is 2. The van der Waals surface area contributed by atoms with Gasteiger partial charge in [0.1, 0.15) is 6.61 Å². The van der Waals surface area contributed by atoms with Gasteiger partial charge in [-0.3, -0.25) is 18.6 Å². The van der Waals surface area contributed by atoms with Crippen molar-refractivity contribution in [3.63, 3.8) is 0 Å². The molecule has 0 spiro atoms. The third-order valence-electron chi connectivity index (χ3n) is 11.7. The van der Waals surface area contributed by atoms with E-state index in [0.717, 1.165) is 57.8 Å². The lowest BCUT2D eigenvalue weighted by Gasteiger charge is -2.19. The fraction of sp³-hybridized carbons (Fsp3) is 0.818. The molecule has 0 fully saturated rings. The molecule has 0 heterocycles. The standard InChI is InChI=1S/C55H102NO8P/c1-3-5-7-9-11-13-15-17-18-19-20-21-22-23-24-25-26-27-28-29-30-31-32-33-34-36-38-40-42-44-46-48-55(58)64-53(52-63-65(59,60)62-50-49-56)51-61-54(57)47-45-43-41-39-37-35-16-14-12-10-8-6-4-2/h5,7,11,13,17-18,20-21,53H,3-4,6,8-10,12,14-16,19,22-52,56H2,1-2H3,(H,59,60)/b7-5-,13-11-,18-17-,21-20-. The quantitative estimate of drug-likeness (QED) is 0.0265. The second-order valence-electron chi connectivity index (χ2n) is 18.1. The number of nitrogens with two attached hydrogens (primary N) is 1. The molecule has 0 bridgehead atoms. The predicted octanol–water partition coefficient (Wildman–Crippen LogP) is 16.6. The Bertz CT molecular complexity index is 1200. The number of phosphoric ester groups is 1. The van der Waals surface area contributed by atoms with Crippen molar-refractivity contribution in [2.45, 2.75) is 264 Å². The van der Waals surface area contributed by atoms with E-state index in [-0.39, 0.29) is 38.6 Å².